The summed E-state index contributed by atoms with van der Waals surface area (Å²) >= 11 is 0. The molecule has 0 unspecified atom stereocenters. The molecule has 0 aromatic heterocycles. The van der Waals surface area contributed by atoms with Crippen LogP contribution in [0.1, 0.15) is 11.1 Å². The molecule has 0 aliphatic carbocycles. The van der Waals surface area contributed by atoms with E-state index in [1.165, 1.54) is 0 Å². The second-order valence-electron chi connectivity index (χ2n) is 6.37. The van der Waals surface area contributed by atoms with Crippen molar-refractivity contribution in [2.24, 2.45) is 0 Å². The van der Waals surface area contributed by atoms with Crippen molar-refractivity contribution in [1.82, 2.24) is 5.32 Å². The Morgan fingerprint density at radius 1 is 0.690 bits per heavy atom. The normalized spacial score (nSPS) is 10.1. The number of nitrogens with one attached hydrogen (secondary N) is 3. The summed E-state index contributed by atoms with van der Waals surface area (Å²) in [6.07, 6.45) is 0.152. The van der Waals surface area contributed by atoms with E-state index in [2.05, 4.69) is 16.0 Å². The van der Waals surface area contributed by atoms with Crippen LogP contribution in [0.25, 0.3) is 0 Å². The molecule has 29 heavy (non-hydrogen) atoms. The van der Waals surface area contributed by atoms with Crippen LogP contribution >= 0.6 is 0 Å². The molecule has 0 saturated heterocycles. The number of hydrogen-bond donors (Lipinski definition) is 3. The Morgan fingerprint density at radius 2 is 1.28 bits per heavy atom. The molecular formula is C23H23N3O3. The maximum absolute atomic E-state index is 12.0. The predicted molar refractivity (Wildman–Crippen MR) is 114 cm³/mol. The minimum Gasteiger partial charge on any atom is -0.449 e. The van der Waals surface area contributed by atoms with Crippen molar-refractivity contribution in [1.29, 1.82) is 0 Å². The summed E-state index contributed by atoms with van der Waals surface area (Å²) in [6.45, 7) is 0.715. The number of carbonyl (C=O) groups excluding carboxylic acids is 2. The largest absolute Gasteiger partial charge is 0.449 e. The number of hydrogen-bond acceptors (Lipinski definition) is 3. The van der Waals surface area contributed by atoms with Crippen LogP contribution in [0.5, 0.6) is 0 Å². The van der Waals surface area contributed by atoms with E-state index in [-0.39, 0.29) is 12.6 Å². The number of para-hydroxylation sites is 1. The predicted octanol–water partition coefficient (Wildman–Crippen LogP) is 4.80. The first kappa shape index (κ1) is 19.9. The Bertz CT molecular complexity index is 913. The summed E-state index contributed by atoms with van der Waals surface area (Å²) in [4.78, 5) is 23.7. The van der Waals surface area contributed by atoms with E-state index < -0.39 is 6.09 Å². The summed E-state index contributed by atoms with van der Waals surface area (Å²) in [5.41, 5.74) is 3.44. The fourth-order valence-corrected chi connectivity index (χ4v) is 2.65. The molecule has 0 aliphatic rings. The van der Waals surface area contributed by atoms with Crippen molar-refractivity contribution in [3.05, 3.63) is 96.1 Å². The molecule has 3 aromatic carbocycles. The fraction of sp³-hybridized carbons (Fsp3) is 0.130. The zero-order valence-corrected chi connectivity index (χ0v) is 15.9. The Morgan fingerprint density at radius 3 is 1.93 bits per heavy atom. The third-order valence-electron chi connectivity index (χ3n) is 4.15. The van der Waals surface area contributed by atoms with Gasteiger partial charge in [-0.15, -0.1) is 0 Å². The van der Waals surface area contributed by atoms with Crippen LogP contribution in [-0.4, -0.2) is 18.7 Å². The molecule has 6 nitrogen and oxygen atoms in total. The molecule has 148 valence electrons. The standard InChI is InChI=1S/C23H23N3O3/c27-22(25-20-9-5-2-6-10-20)26-21-13-11-18(12-14-21)15-16-29-23(28)24-17-19-7-3-1-4-8-19/h1-14H,15-17H2,(H,24,28)(H2,25,26,27). The Labute approximate surface area is 169 Å². The van der Waals surface area contributed by atoms with Gasteiger partial charge in [0.1, 0.15) is 0 Å². The van der Waals surface area contributed by atoms with Crippen molar-refractivity contribution >= 4 is 23.5 Å². The van der Waals surface area contributed by atoms with Gasteiger partial charge >= 0.3 is 12.1 Å². The van der Waals surface area contributed by atoms with Crippen molar-refractivity contribution < 1.29 is 14.3 Å². The van der Waals surface area contributed by atoms with E-state index in [9.17, 15) is 9.59 Å². The minimum absolute atomic E-state index is 0.280. The second kappa shape index (κ2) is 10.5. The molecule has 3 rings (SSSR count). The topological polar surface area (TPSA) is 79.5 Å². The van der Waals surface area contributed by atoms with Gasteiger partial charge in [0.25, 0.3) is 0 Å². The average molecular weight is 389 g/mol. The van der Waals surface area contributed by atoms with Crippen LogP contribution in [-0.2, 0) is 17.7 Å². The van der Waals surface area contributed by atoms with Crippen LogP contribution in [0.15, 0.2) is 84.9 Å². The Hall–Kier alpha value is -3.80. The van der Waals surface area contributed by atoms with E-state index in [1.54, 1.807) is 0 Å². The van der Waals surface area contributed by atoms with Crippen LogP contribution in [0.3, 0.4) is 0 Å². The van der Waals surface area contributed by atoms with Gasteiger partial charge in [-0.25, -0.2) is 9.59 Å². The van der Waals surface area contributed by atoms with Gasteiger partial charge in [-0.3, -0.25) is 0 Å². The molecule has 0 bridgehead atoms. The van der Waals surface area contributed by atoms with Gasteiger partial charge in [0.15, 0.2) is 0 Å². The van der Waals surface area contributed by atoms with Gasteiger partial charge in [0, 0.05) is 24.3 Å². The first-order valence-corrected chi connectivity index (χ1v) is 9.35. The minimum atomic E-state index is -0.440. The average Bonchev–Trinajstić information content (AvgIpc) is 2.75. The van der Waals surface area contributed by atoms with Gasteiger partial charge in [-0.2, -0.15) is 0 Å². The summed E-state index contributed by atoms with van der Waals surface area (Å²) in [5.74, 6) is 0. The monoisotopic (exact) mass is 389 g/mol. The number of benzene rings is 3. The second-order valence-corrected chi connectivity index (χ2v) is 6.37. The highest BCUT2D eigenvalue weighted by molar-refractivity contribution is 5.99. The molecule has 6 heteroatoms. The zero-order valence-electron chi connectivity index (χ0n) is 15.9. The van der Waals surface area contributed by atoms with E-state index in [4.69, 9.17) is 4.74 Å². The molecule has 0 fully saturated rings. The first-order chi connectivity index (χ1) is 14.2. The first-order valence-electron chi connectivity index (χ1n) is 9.35. The van der Waals surface area contributed by atoms with Crippen LogP contribution in [0.4, 0.5) is 21.0 Å². The lowest BCUT2D eigenvalue weighted by Gasteiger charge is -2.09. The fourth-order valence-electron chi connectivity index (χ4n) is 2.65. The van der Waals surface area contributed by atoms with E-state index in [0.717, 1.165) is 16.8 Å². The summed E-state index contributed by atoms with van der Waals surface area (Å²) in [5, 5.41) is 8.26. The van der Waals surface area contributed by atoms with E-state index >= 15 is 0 Å². The third-order valence-corrected chi connectivity index (χ3v) is 4.15. The summed E-state index contributed by atoms with van der Waals surface area (Å²) in [7, 11) is 0. The number of anilines is 2. The number of carbonyl (C=O) groups is 2. The van der Waals surface area contributed by atoms with Crippen LogP contribution in [0, 0.1) is 0 Å². The number of rotatable bonds is 7. The van der Waals surface area contributed by atoms with Crippen LogP contribution < -0.4 is 16.0 Å². The third kappa shape index (κ3) is 7.03. The molecule has 3 amide bonds. The van der Waals surface area contributed by atoms with Crippen molar-refractivity contribution in [2.45, 2.75) is 13.0 Å². The molecule has 0 radical (unpaired) electrons. The molecular weight excluding hydrogens is 366 g/mol. The highest BCUT2D eigenvalue weighted by atomic mass is 16.5. The SMILES string of the molecule is O=C(Nc1ccccc1)Nc1ccc(CCOC(=O)NCc2ccccc2)cc1. The molecule has 3 aromatic rings. The highest BCUT2D eigenvalue weighted by Crippen LogP contribution is 2.12. The highest BCUT2D eigenvalue weighted by Gasteiger charge is 2.04. The number of amides is 3. The molecule has 0 aliphatic heterocycles. The van der Waals surface area contributed by atoms with Gasteiger partial charge in [0.2, 0.25) is 0 Å². The molecule has 0 saturated carbocycles. The lowest BCUT2D eigenvalue weighted by atomic mass is 10.1. The Kier molecular flexibility index (Phi) is 7.23. The van der Waals surface area contributed by atoms with Gasteiger partial charge in [-0.1, -0.05) is 60.7 Å². The van der Waals surface area contributed by atoms with Gasteiger partial charge in [0.05, 0.1) is 6.61 Å². The number of ether oxygens (including phenoxy) is 1. The number of urea groups is 1. The lowest BCUT2D eigenvalue weighted by molar-refractivity contribution is 0.147. The summed E-state index contributed by atoms with van der Waals surface area (Å²) < 4.78 is 5.20. The van der Waals surface area contributed by atoms with Gasteiger partial charge < -0.3 is 20.7 Å². The maximum Gasteiger partial charge on any atom is 0.407 e. The quantitative estimate of drug-likeness (QED) is 0.543. The van der Waals surface area contributed by atoms with Crippen molar-refractivity contribution in [3.63, 3.8) is 0 Å². The molecule has 3 N–H and O–H groups in total. The van der Waals surface area contributed by atoms with E-state index in [1.807, 2.05) is 84.9 Å². The lowest BCUT2D eigenvalue weighted by Crippen LogP contribution is -2.24. The van der Waals surface area contributed by atoms with Crippen molar-refractivity contribution in [3.8, 4) is 0 Å². The number of alkyl carbamates (subject to hydrolysis) is 1. The summed E-state index contributed by atoms with van der Waals surface area (Å²) in [6, 6.07) is 26.0. The molecule has 0 spiro atoms. The van der Waals surface area contributed by atoms with E-state index in [0.29, 0.717) is 18.7 Å². The molecule has 0 atom stereocenters. The maximum atomic E-state index is 12.0. The zero-order chi connectivity index (χ0) is 20.3. The smallest absolute Gasteiger partial charge is 0.407 e. The van der Waals surface area contributed by atoms with Crippen LogP contribution in [0.2, 0.25) is 0 Å². The Balaban J connectivity index is 1.36. The van der Waals surface area contributed by atoms with Gasteiger partial charge in [-0.05, 0) is 35.4 Å². The van der Waals surface area contributed by atoms with Crippen molar-refractivity contribution in [2.75, 3.05) is 17.2 Å². The molecule has 0 heterocycles.